The summed E-state index contributed by atoms with van der Waals surface area (Å²) in [6.07, 6.45) is 2.19. The van der Waals surface area contributed by atoms with E-state index in [4.69, 9.17) is 11.6 Å². The van der Waals surface area contributed by atoms with Gasteiger partial charge in [0.2, 0.25) is 0 Å². The van der Waals surface area contributed by atoms with Gasteiger partial charge < -0.3 is 0 Å². The van der Waals surface area contributed by atoms with Gasteiger partial charge >= 0.3 is 0 Å². The van der Waals surface area contributed by atoms with Gasteiger partial charge in [-0.25, -0.2) is 0 Å². The molecule has 0 atom stereocenters. The van der Waals surface area contributed by atoms with Crippen molar-refractivity contribution in [2.24, 2.45) is 0 Å². The van der Waals surface area contributed by atoms with Gasteiger partial charge in [-0.1, -0.05) is 29.8 Å². The molecule has 0 aliphatic rings. The lowest BCUT2D eigenvalue weighted by molar-refractivity contribution is 0.112. The summed E-state index contributed by atoms with van der Waals surface area (Å²) in [5, 5.41) is 1.29. The molecule has 0 spiro atoms. The minimum atomic E-state index is 0. The molecule has 1 heterocycles. The Hall–Kier alpha value is -1.12. The molecule has 0 bridgehead atoms. The van der Waals surface area contributed by atoms with E-state index in [1.54, 1.807) is 0 Å². The lowest BCUT2D eigenvalue weighted by atomic mass is 10.2. The number of hydrogen-bond donors (Lipinski definition) is 0. The quantitative estimate of drug-likeness (QED) is 0.702. The van der Waals surface area contributed by atoms with Gasteiger partial charge in [0.15, 0.2) is 6.29 Å². The van der Waals surface area contributed by atoms with Crippen LogP contribution in [-0.2, 0) is 0 Å². The third kappa shape index (κ3) is 1.72. The number of nitrogens with zero attached hydrogens (tertiary/aromatic N) is 1. The van der Waals surface area contributed by atoms with E-state index in [9.17, 15) is 4.79 Å². The summed E-state index contributed by atoms with van der Waals surface area (Å²) in [5.41, 5.74) is 1.23. The summed E-state index contributed by atoms with van der Waals surface area (Å²) in [6, 6.07) is 7.45. The highest BCUT2D eigenvalue weighted by atomic mass is 35.5. The summed E-state index contributed by atoms with van der Waals surface area (Å²) in [7, 11) is 0. The molecule has 0 saturated carbocycles. The number of carbonyl (C=O) groups is 1. The van der Waals surface area contributed by atoms with Crippen LogP contribution in [0.2, 0.25) is 5.02 Å². The van der Waals surface area contributed by atoms with Crippen LogP contribution in [0.25, 0.3) is 10.9 Å². The molecule has 2 aromatic rings. The van der Waals surface area contributed by atoms with Crippen molar-refractivity contribution in [1.29, 1.82) is 0 Å². The summed E-state index contributed by atoms with van der Waals surface area (Å²) < 4.78 is 0. The second-order valence-electron chi connectivity index (χ2n) is 2.66. The lowest BCUT2D eigenvalue weighted by Gasteiger charge is -2.00. The number of benzene rings is 1. The van der Waals surface area contributed by atoms with E-state index >= 15 is 0 Å². The first-order chi connectivity index (χ1) is 6.33. The zero-order valence-corrected chi connectivity index (χ0v) is 8.68. The molecule has 1 aromatic carbocycles. The Labute approximate surface area is 92.3 Å². The Morgan fingerprint density at radius 2 is 2.00 bits per heavy atom. The van der Waals surface area contributed by atoms with E-state index in [1.165, 1.54) is 6.20 Å². The Kier molecular flexibility index (Phi) is 3.44. The molecule has 4 heteroatoms. The van der Waals surface area contributed by atoms with Crippen molar-refractivity contribution in [2.75, 3.05) is 0 Å². The van der Waals surface area contributed by atoms with Gasteiger partial charge in [0, 0.05) is 11.6 Å². The maximum absolute atomic E-state index is 10.5. The van der Waals surface area contributed by atoms with Crippen LogP contribution in [0, 0.1) is 0 Å². The minimum absolute atomic E-state index is 0. The zero-order chi connectivity index (χ0) is 9.26. The fourth-order valence-electron chi connectivity index (χ4n) is 1.21. The molecule has 0 amide bonds. The highest BCUT2D eigenvalue weighted by molar-refractivity contribution is 6.37. The second kappa shape index (κ2) is 4.40. The second-order valence-corrected chi connectivity index (χ2v) is 3.04. The SMILES string of the molecule is Cl.O=Cc1cnc2ccccc2c1Cl. The Morgan fingerprint density at radius 1 is 1.29 bits per heavy atom. The molecule has 0 fully saturated rings. The molecule has 0 saturated heterocycles. The van der Waals surface area contributed by atoms with Gasteiger partial charge in [-0.05, 0) is 6.07 Å². The van der Waals surface area contributed by atoms with E-state index in [0.717, 1.165) is 10.9 Å². The van der Waals surface area contributed by atoms with Gasteiger partial charge in [0.1, 0.15) is 0 Å². The molecular formula is C10H7Cl2NO. The summed E-state index contributed by atoms with van der Waals surface area (Å²) in [4.78, 5) is 14.6. The van der Waals surface area contributed by atoms with Crippen molar-refractivity contribution in [3.05, 3.63) is 41.0 Å². The predicted octanol–water partition coefficient (Wildman–Crippen LogP) is 3.12. The molecule has 14 heavy (non-hydrogen) atoms. The van der Waals surface area contributed by atoms with Crippen molar-refractivity contribution in [1.82, 2.24) is 4.98 Å². The molecule has 2 nitrogen and oxygen atoms in total. The van der Waals surface area contributed by atoms with E-state index in [-0.39, 0.29) is 12.4 Å². The Balaban J connectivity index is 0.000000980. The van der Waals surface area contributed by atoms with E-state index in [0.29, 0.717) is 16.9 Å². The van der Waals surface area contributed by atoms with Crippen molar-refractivity contribution in [2.45, 2.75) is 0 Å². The molecule has 0 N–H and O–H groups in total. The van der Waals surface area contributed by atoms with Crippen LogP contribution >= 0.6 is 24.0 Å². The largest absolute Gasteiger partial charge is 0.298 e. The van der Waals surface area contributed by atoms with Crippen molar-refractivity contribution < 1.29 is 4.79 Å². The molecule has 0 aliphatic carbocycles. The third-order valence-electron chi connectivity index (χ3n) is 1.86. The number of aldehydes is 1. The van der Waals surface area contributed by atoms with Crippen LogP contribution in [0.4, 0.5) is 0 Å². The lowest BCUT2D eigenvalue weighted by Crippen LogP contribution is -1.86. The van der Waals surface area contributed by atoms with Gasteiger partial charge in [-0.3, -0.25) is 9.78 Å². The Bertz CT molecular complexity index is 471. The molecule has 1 aromatic heterocycles. The number of carbonyl (C=O) groups excluding carboxylic acids is 1. The smallest absolute Gasteiger partial charge is 0.153 e. The van der Waals surface area contributed by atoms with Crippen LogP contribution in [0.15, 0.2) is 30.5 Å². The number of hydrogen-bond acceptors (Lipinski definition) is 2. The highest BCUT2D eigenvalue weighted by Gasteiger charge is 2.04. The average molecular weight is 228 g/mol. The number of halogens is 2. The van der Waals surface area contributed by atoms with Crippen LogP contribution in [0.3, 0.4) is 0 Å². The van der Waals surface area contributed by atoms with Crippen molar-refractivity contribution in [3.8, 4) is 0 Å². The maximum atomic E-state index is 10.5. The first-order valence-corrected chi connectivity index (χ1v) is 4.19. The third-order valence-corrected chi connectivity index (χ3v) is 2.29. The molecule has 0 radical (unpaired) electrons. The predicted molar refractivity (Wildman–Crippen MR) is 59.4 cm³/mol. The molecule has 2 rings (SSSR count). The first kappa shape index (κ1) is 11.0. The topological polar surface area (TPSA) is 30.0 Å². The molecule has 0 aliphatic heterocycles. The first-order valence-electron chi connectivity index (χ1n) is 3.81. The molecule has 72 valence electrons. The standard InChI is InChI=1S/C10H6ClNO.ClH/c11-10-7(6-13)5-12-9-4-2-1-3-8(9)10;/h1-6H;1H. The number of rotatable bonds is 1. The maximum Gasteiger partial charge on any atom is 0.153 e. The fourth-order valence-corrected chi connectivity index (χ4v) is 1.46. The Morgan fingerprint density at radius 3 is 2.71 bits per heavy atom. The number of fused-ring (bicyclic) bond motifs is 1. The van der Waals surface area contributed by atoms with Gasteiger partial charge in [-0.15, -0.1) is 12.4 Å². The van der Waals surface area contributed by atoms with Crippen LogP contribution < -0.4 is 0 Å². The van der Waals surface area contributed by atoms with Gasteiger partial charge in [0.25, 0.3) is 0 Å². The van der Waals surface area contributed by atoms with Gasteiger partial charge in [0.05, 0.1) is 16.1 Å². The number of para-hydroxylation sites is 1. The van der Waals surface area contributed by atoms with E-state index in [2.05, 4.69) is 4.98 Å². The van der Waals surface area contributed by atoms with E-state index in [1.807, 2.05) is 24.3 Å². The average Bonchev–Trinajstić information content (AvgIpc) is 2.19. The minimum Gasteiger partial charge on any atom is -0.298 e. The van der Waals surface area contributed by atoms with Gasteiger partial charge in [-0.2, -0.15) is 0 Å². The van der Waals surface area contributed by atoms with E-state index < -0.39 is 0 Å². The normalized spacial score (nSPS) is 9.50. The summed E-state index contributed by atoms with van der Waals surface area (Å²) >= 11 is 5.97. The molecular weight excluding hydrogens is 221 g/mol. The van der Waals surface area contributed by atoms with Crippen molar-refractivity contribution in [3.63, 3.8) is 0 Å². The monoisotopic (exact) mass is 227 g/mol. The van der Waals surface area contributed by atoms with Crippen LogP contribution in [-0.4, -0.2) is 11.3 Å². The summed E-state index contributed by atoms with van der Waals surface area (Å²) in [5.74, 6) is 0. The number of pyridine rings is 1. The number of aromatic nitrogens is 1. The summed E-state index contributed by atoms with van der Waals surface area (Å²) in [6.45, 7) is 0. The molecule has 0 unspecified atom stereocenters. The van der Waals surface area contributed by atoms with Crippen LogP contribution in [0.5, 0.6) is 0 Å². The van der Waals surface area contributed by atoms with Crippen LogP contribution in [0.1, 0.15) is 10.4 Å². The van der Waals surface area contributed by atoms with Crippen molar-refractivity contribution >= 4 is 41.2 Å². The highest BCUT2D eigenvalue weighted by Crippen LogP contribution is 2.23. The fraction of sp³-hybridized carbons (Fsp3) is 0. The zero-order valence-electron chi connectivity index (χ0n) is 7.11.